The maximum Gasteiger partial charge on any atom is 0.512 e. The van der Waals surface area contributed by atoms with E-state index >= 15 is 0 Å². The number of nitrogens with one attached hydrogen (secondary N) is 1. The van der Waals surface area contributed by atoms with Gasteiger partial charge in [0.25, 0.3) is 5.91 Å². The van der Waals surface area contributed by atoms with Crippen molar-refractivity contribution in [3.63, 3.8) is 0 Å². The lowest BCUT2D eigenvalue weighted by Gasteiger charge is -2.29. The van der Waals surface area contributed by atoms with Gasteiger partial charge in [-0.1, -0.05) is 46.9 Å². The number of amides is 1. The number of para-hydroxylation sites is 1. The van der Waals surface area contributed by atoms with Gasteiger partial charge in [0, 0.05) is 30.3 Å². The Bertz CT molecular complexity index is 2420. The highest BCUT2D eigenvalue weighted by Gasteiger charge is 2.26. The van der Waals surface area contributed by atoms with E-state index in [-0.39, 0.29) is 17.8 Å². The molecule has 0 aliphatic carbocycles. The summed E-state index contributed by atoms with van der Waals surface area (Å²) in [4.78, 5) is 50.5. The number of aromatic nitrogens is 6. The summed E-state index contributed by atoms with van der Waals surface area (Å²) in [6, 6.07) is 21.5. The minimum atomic E-state index is -1.42. The van der Waals surface area contributed by atoms with Crippen LogP contribution in [0.3, 0.4) is 0 Å². The highest BCUT2D eigenvalue weighted by molar-refractivity contribution is 7.22. The summed E-state index contributed by atoms with van der Waals surface area (Å²) in [5.41, 5.74) is 6.62. The Morgan fingerprint density at radius 1 is 0.981 bits per heavy atom. The van der Waals surface area contributed by atoms with Gasteiger partial charge in [0.15, 0.2) is 15.9 Å². The van der Waals surface area contributed by atoms with Crippen molar-refractivity contribution < 1.29 is 24.2 Å². The van der Waals surface area contributed by atoms with Crippen LogP contribution in [0.1, 0.15) is 52.7 Å². The maximum absolute atomic E-state index is 13.5. The van der Waals surface area contributed by atoms with Crippen molar-refractivity contribution in [3.8, 4) is 22.9 Å². The van der Waals surface area contributed by atoms with Crippen LogP contribution in [0.2, 0.25) is 0 Å². The first-order valence-corrected chi connectivity index (χ1v) is 18.8. The average molecular weight is 747 g/mol. The molecule has 1 aliphatic heterocycles. The van der Waals surface area contributed by atoms with E-state index in [4.69, 9.17) is 9.47 Å². The molecule has 53 heavy (non-hydrogen) atoms. The third kappa shape index (κ3) is 7.12. The number of carbonyl (C=O) groups is 2. The zero-order valence-electron chi connectivity index (χ0n) is 28.9. The summed E-state index contributed by atoms with van der Waals surface area (Å²) >= 11 is 2.83. The molecular formula is C38H34N8O5S2. The first-order valence-electron chi connectivity index (χ1n) is 17.1. The van der Waals surface area contributed by atoms with E-state index < -0.39 is 6.16 Å². The molecule has 1 amide bonds. The minimum absolute atomic E-state index is 0.0746. The van der Waals surface area contributed by atoms with E-state index in [1.807, 2.05) is 71.3 Å². The normalized spacial score (nSPS) is 12.7. The number of imidazole rings is 1. The number of nitrogens with zero attached hydrogens (tertiary/aromatic N) is 7. The van der Waals surface area contributed by atoms with Gasteiger partial charge in [-0.25, -0.2) is 24.7 Å². The Labute approximate surface area is 311 Å². The van der Waals surface area contributed by atoms with Crippen molar-refractivity contribution in [2.75, 3.05) is 23.4 Å². The van der Waals surface area contributed by atoms with Crippen molar-refractivity contribution in [2.45, 2.75) is 45.7 Å². The van der Waals surface area contributed by atoms with Crippen LogP contribution in [0.4, 0.5) is 15.1 Å². The number of ether oxygens (including phenoxy) is 2. The molecule has 0 bridgehead atoms. The van der Waals surface area contributed by atoms with Gasteiger partial charge in [-0.3, -0.25) is 10.1 Å². The number of rotatable bonds is 11. The highest BCUT2D eigenvalue weighted by atomic mass is 32.1. The van der Waals surface area contributed by atoms with E-state index in [0.29, 0.717) is 65.4 Å². The fraction of sp³-hybridized carbons (Fsp3) is 0.237. The zero-order chi connectivity index (χ0) is 36.5. The molecule has 0 saturated carbocycles. The largest absolute Gasteiger partial charge is 0.512 e. The van der Waals surface area contributed by atoms with Crippen LogP contribution in [-0.4, -0.2) is 59.8 Å². The molecule has 1 aliphatic rings. The Hall–Kier alpha value is -5.93. The predicted octanol–water partition coefficient (Wildman–Crippen LogP) is 8.02. The molecule has 13 nitrogen and oxygen atoms in total. The highest BCUT2D eigenvalue weighted by Crippen LogP contribution is 2.36. The zero-order valence-corrected chi connectivity index (χ0v) is 30.5. The van der Waals surface area contributed by atoms with E-state index in [2.05, 4.69) is 49.0 Å². The topological polar surface area (TPSA) is 157 Å². The molecule has 268 valence electrons. The van der Waals surface area contributed by atoms with Crippen LogP contribution in [0.25, 0.3) is 32.6 Å². The van der Waals surface area contributed by atoms with E-state index in [0.717, 1.165) is 43.8 Å². The number of carboxylic acid groups (broad SMARTS) is 1. The molecule has 5 heterocycles. The number of hydrogen-bond acceptors (Lipinski definition) is 12. The fourth-order valence-corrected chi connectivity index (χ4v) is 8.32. The number of aryl methyl sites for hydroxylation is 1. The number of benzene rings is 3. The van der Waals surface area contributed by atoms with Gasteiger partial charge in [-0.15, -0.1) is 0 Å². The van der Waals surface area contributed by atoms with Crippen molar-refractivity contribution in [2.24, 2.45) is 0 Å². The monoisotopic (exact) mass is 746 g/mol. The molecule has 0 radical (unpaired) electrons. The number of carbonyl (C=O) groups excluding carboxylic acids is 1. The third-order valence-corrected chi connectivity index (χ3v) is 11.1. The summed E-state index contributed by atoms with van der Waals surface area (Å²) in [6.45, 7) is 5.68. The molecular weight excluding hydrogens is 713 g/mol. The average Bonchev–Trinajstić information content (AvgIpc) is 3.89. The van der Waals surface area contributed by atoms with Crippen LogP contribution in [-0.2, 0) is 19.4 Å². The van der Waals surface area contributed by atoms with E-state index in [1.54, 1.807) is 12.7 Å². The molecule has 15 heteroatoms. The second kappa shape index (κ2) is 14.6. The Kier molecular flexibility index (Phi) is 9.41. The summed E-state index contributed by atoms with van der Waals surface area (Å²) in [6.07, 6.45) is 3.75. The van der Waals surface area contributed by atoms with Crippen molar-refractivity contribution in [1.29, 1.82) is 0 Å². The van der Waals surface area contributed by atoms with Crippen LogP contribution in [0.5, 0.6) is 11.6 Å². The standard InChI is InChI=1S/C38H34N8O5S2/c1-22(2)46-21-41-32-31(39-20-40-33(32)46)24-12-14-25(15-13-24)50-18-6-11-30-35(51-38(48)49)44-37(53-30)45-17-16-23-7-5-8-26(27(23)19-45)34(47)43-36-42-28-9-3-4-10-29(28)52-36/h3-5,7-10,12-15,20-22H,6,11,16-19H2,1-2H3,(H,48,49)(H,42,43,47). The molecule has 2 N–H and O–H groups in total. The Morgan fingerprint density at radius 3 is 2.64 bits per heavy atom. The van der Waals surface area contributed by atoms with Gasteiger partial charge in [0.1, 0.15) is 23.3 Å². The second-order valence-corrected chi connectivity index (χ2v) is 14.9. The summed E-state index contributed by atoms with van der Waals surface area (Å²) in [5, 5.41) is 13.6. The van der Waals surface area contributed by atoms with Gasteiger partial charge < -0.3 is 24.0 Å². The number of anilines is 2. The maximum atomic E-state index is 13.5. The summed E-state index contributed by atoms with van der Waals surface area (Å²) < 4.78 is 14.2. The molecule has 8 rings (SSSR count). The smallest absolute Gasteiger partial charge is 0.494 e. The molecule has 4 aromatic heterocycles. The van der Waals surface area contributed by atoms with Gasteiger partial charge in [0.05, 0.1) is 28.0 Å². The lowest BCUT2D eigenvalue weighted by Crippen LogP contribution is -2.32. The van der Waals surface area contributed by atoms with Gasteiger partial charge in [0.2, 0.25) is 5.88 Å². The molecule has 0 unspecified atom stereocenters. The Morgan fingerprint density at radius 2 is 1.83 bits per heavy atom. The van der Waals surface area contributed by atoms with Crippen LogP contribution >= 0.6 is 22.7 Å². The first-order chi connectivity index (χ1) is 25.8. The van der Waals surface area contributed by atoms with Crippen LogP contribution in [0, 0.1) is 0 Å². The molecule has 3 aromatic carbocycles. The SMILES string of the molecule is CC(C)n1cnc2c(-c3ccc(OCCCc4sc(N5CCc6cccc(C(=O)Nc7nc8ccccc8s7)c6C5)nc4OC(=O)O)cc3)ncnc21. The number of thiazole rings is 2. The van der Waals surface area contributed by atoms with E-state index in [9.17, 15) is 14.7 Å². The lowest BCUT2D eigenvalue weighted by atomic mass is 9.94. The van der Waals surface area contributed by atoms with Gasteiger partial charge >= 0.3 is 6.16 Å². The predicted molar refractivity (Wildman–Crippen MR) is 204 cm³/mol. The molecule has 0 saturated heterocycles. The second-order valence-electron chi connectivity index (χ2n) is 12.8. The first kappa shape index (κ1) is 34.2. The molecule has 0 spiro atoms. The van der Waals surface area contributed by atoms with Crippen molar-refractivity contribution >= 4 is 66.4 Å². The molecule has 0 fully saturated rings. The molecule has 7 aromatic rings. The van der Waals surface area contributed by atoms with Gasteiger partial charge in [-0.2, -0.15) is 4.98 Å². The fourth-order valence-electron chi connectivity index (χ4n) is 6.40. The lowest BCUT2D eigenvalue weighted by molar-refractivity contribution is 0.102. The third-order valence-electron chi connectivity index (χ3n) is 9.00. The minimum Gasteiger partial charge on any atom is -0.494 e. The molecule has 0 atom stereocenters. The van der Waals surface area contributed by atoms with Crippen LogP contribution in [0.15, 0.2) is 79.4 Å². The van der Waals surface area contributed by atoms with Crippen LogP contribution < -0.4 is 19.7 Å². The Balaban J connectivity index is 0.922. The quantitative estimate of drug-likeness (QED) is 0.0976. The van der Waals surface area contributed by atoms with E-state index in [1.165, 1.54) is 22.7 Å². The van der Waals surface area contributed by atoms with Crippen molar-refractivity contribution in [3.05, 3.63) is 101 Å². The van der Waals surface area contributed by atoms with Crippen molar-refractivity contribution in [1.82, 2.24) is 29.5 Å². The summed E-state index contributed by atoms with van der Waals surface area (Å²) in [7, 11) is 0. The van der Waals surface area contributed by atoms with Gasteiger partial charge in [-0.05, 0) is 86.7 Å². The number of fused-ring (bicyclic) bond motifs is 3. The summed E-state index contributed by atoms with van der Waals surface area (Å²) in [5.74, 6) is 0.552. The number of hydrogen-bond donors (Lipinski definition) is 2.